The number of carbonyl (C=O) groups is 4. The maximum Gasteiger partial charge on any atom is 0.262 e. The van der Waals surface area contributed by atoms with Gasteiger partial charge < -0.3 is 11.5 Å². The molecule has 0 saturated carbocycles. The van der Waals surface area contributed by atoms with E-state index in [0.29, 0.717) is 25.1 Å². The van der Waals surface area contributed by atoms with Crippen LogP contribution in [0.5, 0.6) is 0 Å². The number of hydrogen-bond acceptors (Lipinski definition) is 6. The monoisotopic (exact) mass is 380 g/mol. The Morgan fingerprint density at radius 2 is 1.77 bits per heavy atom. The highest BCUT2D eigenvalue weighted by Gasteiger charge is 2.55. The molecule has 0 spiro atoms. The molecule has 0 aliphatic carbocycles. The van der Waals surface area contributed by atoms with E-state index in [4.69, 9.17) is 11.5 Å². The van der Waals surface area contributed by atoms with Gasteiger partial charge in [-0.3, -0.25) is 29.4 Å². The lowest BCUT2D eigenvalue weighted by Crippen LogP contribution is -2.64. The second kappa shape index (κ2) is 7.43. The number of anilines is 1. The quantitative estimate of drug-likeness (QED) is 0.388. The number of fused-ring (bicyclic) bond motifs is 1. The standard InChI is InChI=1S/C17H20N4O4.ClH/c18-8-2-1-6-17(7-5-13(22)20-16(17)25)21-14(23)11-4-3-10(19)9-12(11)15(21)24;/h3-4,9H,1-2,5-8,18-19H2,(H,20,22,25);1H. The highest BCUT2D eigenvalue weighted by atomic mass is 35.5. The van der Waals surface area contributed by atoms with Crippen molar-refractivity contribution in [2.45, 2.75) is 37.6 Å². The van der Waals surface area contributed by atoms with Gasteiger partial charge in [0.15, 0.2) is 0 Å². The van der Waals surface area contributed by atoms with E-state index in [9.17, 15) is 19.2 Å². The molecule has 5 N–H and O–H groups in total. The summed E-state index contributed by atoms with van der Waals surface area (Å²) in [5.74, 6) is -2.09. The van der Waals surface area contributed by atoms with Gasteiger partial charge in [0.1, 0.15) is 5.54 Å². The van der Waals surface area contributed by atoms with Gasteiger partial charge >= 0.3 is 0 Å². The molecule has 140 valence electrons. The Morgan fingerprint density at radius 3 is 2.42 bits per heavy atom. The largest absolute Gasteiger partial charge is 0.399 e. The van der Waals surface area contributed by atoms with Gasteiger partial charge in [0, 0.05) is 12.1 Å². The van der Waals surface area contributed by atoms with Gasteiger partial charge in [-0.25, -0.2) is 0 Å². The van der Waals surface area contributed by atoms with Crippen LogP contribution in [0.1, 0.15) is 52.8 Å². The van der Waals surface area contributed by atoms with Crippen LogP contribution in [-0.4, -0.2) is 40.6 Å². The number of hydrogen-bond donors (Lipinski definition) is 3. The fourth-order valence-corrected chi connectivity index (χ4v) is 3.51. The third kappa shape index (κ3) is 3.06. The van der Waals surface area contributed by atoms with Crippen LogP contribution in [-0.2, 0) is 9.59 Å². The first kappa shape index (κ1) is 19.9. The summed E-state index contributed by atoms with van der Waals surface area (Å²) in [4.78, 5) is 51.0. The van der Waals surface area contributed by atoms with Gasteiger partial charge in [-0.1, -0.05) is 0 Å². The van der Waals surface area contributed by atoms with Crippen molar-refractivity contribution < 1.29 is 19.2 Å². The Kier molecular flexibility index (Phi) is 5.68. The van der Waals surface area contributed by atoms with Crippen LogP contribution in [0.3, 0.4) is 0 Å². The number of nitrogens with two attached hydrogens (primary N) is 2. The molecule has 0 aromatic heterocycles. The van der Waals surface area contributed by atoms with Crippen LogP contribution < -0.4 is 16.8 Å². The molecule has 0 bridgehead atoms. The smallest absolute Gasteiger partial charge is 0.262 e. The third-order valence-corrected chi connectivity index (χ3v) is 4.82. The molecule has 1 aromatic carbocycles. The number of unbranched alkanes of at least 4 members (excludes halogenated alkanes) is 1. The molecule has 8 nitrogen and oxygen atoms in total. The molecular weight excluding hydrogens is 360 g/mol. The molecule has 1 fully saturated rings. The molecule has 2 heterocycles. The zero-order chi connectivity index (χ0) is 18.2. The summed E-state index contributed by atoms with van der Waals surface area (Å²) >= 11 is 0. The SMILES string of the molecule is Cl.NCCCCC1(N2C(=O)c3ccc(N)cc3C2=O)CCC(=O)NC1=O. The molecule has 1 unspecified atom stereocenters. The number of piperidine rings is 1. The maximum atomic E-state index is 12.9. The minimum atomic E-state index is -1.37. The van der Waals surface area contributed by atoms with Crippen molar-refractivity contribution in [2.75, 3.05) is 12.3 Å². The van der Waals surface area contributed by atoms with Crippen LogP contribution >= 0.6 is 12.4 Å². The summed E-state index contributed by atoms with van der Waals surface area (Å²) in [5, 5.41) is 2.27. The van der Waals surface area contributed by atoms with Gasteiger partial charge in [0.05, 0.1) is 11.1 Å². The van der Waals surface area contributed by atoms with Crippen LogP contribution in [0, 0.1) is 0 Å². The van der Waals surface area contributed by atoms with E-state index in [1.165, 1.54) is 12.1 Å². The predicted octanol–water partition coefficient (Wildman–Crippen LogP) is 0.591. The van der Waals surface area contributed by atoms with Crippen LogP contribution in [0.25, 0.3) is 0 Å². The minimum absolute atomic E-state index is 0. The Labute approximate surface area is 156 Å². The summed E-state index contributed by atoms with van der Waals surface area (Å²) in [6.07, 6.45) is 1.67. The first-order valence-electron chi connectivity index (χ1n) is 8.23. The highest BCUT2D eigenvalue weighted by Crippen LogP contribution is 2.38. The summed E-state index contributed by atoms with van der Waals surface area (Å²) in [7, 11) is 0. The third-order valence-electron chi connectivity index (χ3n) is 4.82. The summed E-state index contributed by atoms with van der Waals surface area (Å²) < 4.78 is 0. The highest BCUT2D eigenvalue weighted by molar-refractivity contribution is 6.24. The van der Waals surface area contributed by atoms with Crippen molar-refractivity contribution in [3.63, 3.8) is 0 Å². The minimum Gasteiger partial charge on any atom is -0.399 e. The van der Waals surface area contributed by atoms with Crippen LogP contribution in [0.2, 0.25) is 0 Å². The maximum absolute atomic E-state index is 12.9. The number of imide groups is 2. The van der Waals surface area contributed by atoms with Crippen LogP contribution in [0.4, 0.5) is 5.69 Å². The zero-order valence-corrected chi connectivity index (χ0v) is 14.9. The lowest BCUT2D eigenvalue weighted by Gasteiger charge is -2.41. The van der Waals surface area contributed by atoms with Crippen molar-refractivity contribution in [2.24, 2.45) is 5.73 Å². The molecule has 1 saturated heterocycles. The molecule has 1 aromatic rings. The molecule has 2 aliphatic rings. The van der Waals surface area contributed by atoms with Gasteiger partial charge in [-0.15, -0.1) is 12.4 Å². The lowest BCUT2D eigenvalue weighted by atomic mass is 9.82. The average Bonchev–Trinajstić information content (AvgIpc) is 2.81. The number of rotatable bonds is 5. The second-order valence-corrected chi connectivity index (χ2v) is 6.41. The topological polar surface area (TPSA) is 136 Å². The number of nitrogens with one attached hydrogen (secondary N) is 1. The molecular formula is C17H21ClN4O4. The molecule has 26 heavy (non-hydrogen) atoms. The normalized spacial score (nSPS) is 22.1. The van der Waals surface area contributed by atoms with Crippen molar-refractivity contribution in [3.05, 3.63) is 29.3 Å². The van der Waals surface area contributed by atoms with Crippen molar-refractivity contribution in [3.8, 4) is 0 Å². The molecule has 3 rings (SSSR count). The van der Waals surface area contributed by atoms with E-state index < -0.39 is 29.2 Å². The Balaban J connectivity index is 0.00000243. The summed E-state index contributed by atoms with van der Waals surface area (Å²) in [6, 6.07) is 4.47. The Hall–Kier alpha value is -2.45. The van der Waals surface area contributed by atoms with Gasteiger partial charge in [-0.05, 0) is 50.4 Å². The predicted molar refractivity (Wildman–Crippen MR) is 96.6 cm³/mol. The number of nitrogen functional groups attached to an aromatic ring is 1. The van der Waals surface area contributed by atoms with E-state index in [1.54, 1.807) is 6.07 Å². The van der Waals surface area contributed by atoms with Crippen molar-refractivity contribution in [1.29, 1.82) is 0 Å². The summed E-state index contributed by atoms with van der Waals surface area (Å²) in [5.41, 5.74) is 10.6. The van der Waals surface area contributed by atoms with Crippen molar-refractivity contribution >= 4 is 41.7 Å². The number of benzene rings is 1. The fourth-order valence-electron chi connectivity index (χ4n) is 3.51. The Bertz CT molecular complexity index is 782. The van der Waals surface area contributed by atoms with Crippen LogP contribution in [0.15, 0.2) is 18.2 Å². The zero-order valence-electron chi connectivity index (χ0n) is 14.1. The van der Waals surface area contributed by atoms with E-state index >= 15 is 0 Å². The summed E-state index contributed by atoms with van der Waals surface area (Å²) in [6.45, 7) is 0.440. The van der Waals surface area contributed by atoms with E-state index in [0.717, 1.165) is 4.90 Å². The number of nitrogens with zero attached hydrogens (tertiary/aromatic N) is 1. The number of halogens is 1. The molecule has 9 heteroatoms. The van der Waals surface area contributed by atoms with Gasteiger partial charge in [0.2, 0.25) is 5.91 Å². The molecule has 1 atom stereocenters. The van der Waals surface area contributed by atoms with E-state index in [2.05, 4.69) is 5.32 Å². The molecule has 0 radical (unpaired) electrons. The molecule has 2 aliphatic heterocycles. The number of carbonyl (C=O) groups excluding carboxylic acids is 4. The lowest BCUT2D eigenvalue weighted by molar-refractivity contribution is -0.142. The second-order valence-electron chi connectivity index (χ2n) is 6.41. The fraction of sp³-hybridized carbons (Fsp3) is 0.412. The number of amides is 4. The molecule has 4 amide bonds. The van der Waals surface area contributed by atoms with E-state index in [-0.39, 0.29) is 42.8 Å². The van der Waals surface area contributed by atoms with Gasteiger partial charge in [-0.2, -0.15) is 0 Å². The Morgan fingerprint density at radius 1 is 1.08 bits per heavy atom. The van der Waals surface area contributed by atoms with Crippen molar-refractivity contribution in [1.82, 2.24) is 10.2 Å². The van der Waals surface area contributed by atoms with Gasteiger partial charge in [0.25, 0.3) is 17.7 Å². The first-order chi connectivity index (χ1) is 11.9. The van der Waals surface area contributed by atoms with E-state index in [1.807, 2.05) is 0 Å². The average molecular weight is 381 g/mol. The first-order valence-corrected chi connectivity index (χ1v) is 8.23.